The number of rotatable bonds is 8. The molecule has 29 heavy (non-hydrogen) atoms. The summed E-state index contributed by atoms with van der Waals surface area (Å²) in [5.41, 5.74) is 7.10. The molecule has 1 aromatic rings. The van der Waals surface area contributed by atoms with Gasteiger partial charge in [0.1, 0.15) is 12.4 Å². The van der Waals surface area contributed by atoms with Gasteiger partial charge in [0.15, 0.2) is 11.6 Å². The van der Waals surface area contributed by atoms with Gasteiger partial charge in [-0.05, 0) is 0 Å². The van der Waals surface area contributed by atoms with E-state index in [1.807, 2.05) is 0 Å². The van der Waals surface area contributed by atoms with E-state index in [1.165, 1.54) is 28.6 Å². The molecule has 0 saturated carbocycles. The van der Waals surface area contributed by atoms with Crippen LogP contribution < -0.4 is 26.8 Å². The SMILES string of the molecule is COC.COCN1CN(c2c(F)cc(N(N)/C=C(\N)CNC=S)cc2F)CC1=O. The second-order valence-electron chi connectivity index (χ2n) is 5.97. The molecule has 1 aromatic carbocycles. The van der Waals surface area contributed by atoms with Crippen molar-refractivity contribution in [3.63, 3.8) is 0 Å². The molecule has 1 amide bonds. The number of hydrogen-bond donors (Lipinski definition) is 3. The molecule has 0 atom stereocenters. The van der Waals surface area contributed by atoms with Crippen LogP contribution in [-0.2, 0) is 14.3 Å². The lowest BCUT2D eigenvalue weighted by molar-refractivity contribution is -0.130. The second-order valence-corrected chi connectivity index (χ2v) is 6.20. The second kappa shape index (κ2) is 12.1. The van der Waals surface area contributed by atoms with Crippen LogP contribution in [0.2, 0.25) is 0 Å². The third-order valence-electron chi connectivity index (χ3n) is 3.62. The summed E-state index contributed by atoms with van der Waals surface area (Å²) in [7, 11) is 4.68. The summed E-state index contributed by atoms with van der Waals surface area (Å²) < 4.78 is 38.1. The third kappa shape index (κ3) is 7.09. The number of ether oxygens (including phenoxy) is 2. The monoisotopic (exact) mass is 432 g/mol. The average molecular weight is 432 g/mol. The molecule has 12 heteroatoms. The van der Waals surface area contributed by atoms with Crippen molar-refractivity contribution >= 4 is 35.0 Å². The van der Waals surface area contributed by atoms with Crippen LogP contribution in [0.1, 0.15) is 0 Å². The molecule has 0 aromatic heterocycles. The standard InChI is InChI=1S/C15H20F2N6O2S.C2H6O/c1-25-9-22-8-21(6-14(22)24)15-12(16)2-11(3-13(15)17)23(19)5-10(18)4-20-7-26;1-3-2/h2-3,5,7H,4,6,8-9,18-19H2,1H3,(H,20,26);1-2H3/b10-5-;. The van der Waals surface area contributed by atoms with Crippen LogP contribution in [0, 0.1) is 11.6 Å². The molecule has 0 unspecified atom stereocenters. The van der Waals surface area contributed by atoms with Crippen LogP contribution in [0.15, 0.2) is 24.0 Å². The number of methoxy groups -OCH3 is 2. The van der Waals surface area contributed by atoms with Crippen molar-refractivity contribution in [3.05, 3.63) is 35.7 Å². The Bertz CT molecular complexity index is 714. The summed E-state index contributed by atoms with van der Waals surface area (Å²) in [6.07, 6.45) is 1.32. The first-order chi connectivity index (χ1) is 13.8. The van der Waals surface area contributed by atoms with Crippen LogP contribution >= 0.6 is 12.2 Å². The lowest BCUT2D eigenvalue weighted by Gasteiger charge is -2.22. The summed E-state index contributed by atoms with van der Waals surface area (Å²) in [5, 5.41) is 3.71. The van der Waals surface area contributed by atoms with Gasteiger partial charge in [-0.3, -0.25) is 9.80 Å². The van der Waals surface area contributed by atoms with E-state index >= 15 is 0 Å². The summed E-state index contributed by atoms with van der Waals surface area (Å²) in [4.78, 5) is 14.5. The van der Waals surface area contributed by atoms with Crippen LogP contribution in [0.3, 0.4) is 0 Å². The Balaban J connectivity index is 0.00000132. The van der Waals surface area contributed by atoms with Crippen molar-refractivity contribution < 1.29 is 23.0 Å². The normalized spacial score (nSPS) is 13.9. The highest BCUT2D eigenvalue weighted by atomic mass is 32.1. The number of hydrogen-bond acceptors (Lipinski definition) is 8. The largest absolute Gasteiger partial charge is 0.399 e. The van der Waals surface area contributed by atoms with Crippen LogP contribution in [0.25, 0.3) is 0 Å². The number of carbonyl (C=O) groups excluding carboxylic acids is 1. The number of nitrogens with zero attached hydrogens (tertiary/aromatic N) is 3. The Hall–Kier alpha value is -2.54. The number of carbonyl (C=O) groups is 1. The summed E-state index contributed by atoms with van der Waals surface area (Å²) in [6.45, 7) is 0.180. The lowest BCUT2D eigenvalue weighted by Crippen LogP contribution is -2.30. The van der Waals surface area contributed by atoms with E-state index in [-0.39, 0.29) is 43.8 Å². The van der Waals surface area contributed by atoms with Gasteiger partial charge >= 0.3 is 0 Å². The smallest absolute Gasteiger partial charge is 0.245 e. The highest BCUT2D eigenvalue weighted by molar-refractivity contribution is 7.78. The molecule has 0 bridgehead atoms. The fourth-order valence-corrected chi connectivity index (χ4v) is 2.56. The predicted octanol–water partition coefficient (Wildman–Crippen LogP) is 0.464. The van der Waals surface area contributed by atoms with Crippen molar-refractivity contribution in [2.45, 2.75) is 0 Å². The molecule has 1 fully saturated rings. The van der Waals surface area contributed by atoms with Gasteiger partial charge in [-0.2, -0.15) is 0 Å². The molecule has 1 aliphatic rings. The van der Waals surface area contributed by atoms with Crippen molar-refractivity contribution in [2.75, 3.05) is 57.7 Å². The molecule has 2 rings (SSSR count). The quantitative estimate of drug-likeness (QED) is 0.307. The molecule has 162 valence electrons. The summed E-state index contributed by atoms with van der Waals surface area (Å²) in [6, 6.07) is 2.14. The lowest BCUT2D eigenvalue weighted by atomic mass is 10.2. The molecule has 5 N–H and O–H groups in total. The first-order valence-electron chi connectivity index (χ1n) is 8.36. The molecule has 9 nitrogen and oxygen atoms in total. The van der Waals surface area contributed by atoms with Crippen molar-refractivity contribution in [2.24, 2.45) is 11.6 Å². The molecule has 0 aliphatic carbocycles. The number of anilines is 2. The maximum atomic E-state index is 14.5. The maximum Gasteiger partial charge on any atom is 0.245 e. The first kappa shape index (κ1) is 24.5. The predicted molar refractivity (Wildman–Crippen MR) is 111 cm³/mol. The van der Waals surface area contributed by atoms with E-state index < -0.39 is 11.6 Å². The minimum absolute atomic E-state index is 0.0301. The van der Waals surface area contributed by atoms with Crippen molar-refractivity contribution in [1.29, 1.82) is 0 Å². The minimum Gasteiger partial charge on any atom is -0.399 e. The van der Waals surface area contributed by atoms with Gasteiger partial charge in [0.2, 0.25) is 5.91 Å². The van der Waals surface area contributed by atoms with Gasteiger partial charge in [-0.25, -0.2) is 14.6 Å². The topological polar surface area (TPSA) is 109 Å². The van der Waals surface area contributed by atoms with Gasteiger partial charge in [0, 0.05) is 45.4 Å². The molecule has 0 radical (unpaired) electrons. The zero-order chi connectivity index (χ0) is 22.0. The number of thiocarbonyl (C=S) groups is 1. The summed E-state index contributed by atoms with van der Waals surface area (Å²) >= 11 is 4.61. The van der Waals surface area contributed by atoms with E-state index in [4.69, 9.17) is 16.3 Å². The van der Waals surface area contributed by atoms with E-state index in [9.17, 15) is 13.6 Å². The molecule has 0 spiro atoms. The van der Waals surface area contributed by atoms with Crippen LogP contribution in [-0.4, -0.2) is 64.1 Å². The number of amides is 1. The molecular formula is C17H26F2N6O3S. The Morgan fingerprint density at radius 1 is 1.34 bits per heavy atom. The zero-order valence-electron chi connectivity index (χ0n) is 16.5. The van der Waals surface area contributed by atoms with Crippen LogP contribution in [0.4, 0.5) is 20.2 Å². The van der Waals surface area contributed by atoms with Crippen molar-refractivity contribution in [1.82, 2.24) is 10.2 Å². The fraction of sp³-hybridized carbons (Fsp3) is 0.412. The fourth-order valence-electron chi connectivity index (χ4n) is 2.48. The number of nitrogens with one attached hydrogen (secondary N) is 1. The van der Waals surface area contributed by atoms with Crippen molar-refractivity contribution in [3.8, 4) is 0 Å². The molecule has 1 heterocycles. The van der Waals surface area contributed by atoms with Gasteiger partial charge in [-0.1, -0.05) is 12.2 Å². The van der Waals surface area contributed by atoms with Gasteiger partial charge in [0.25, 0.3) is 0 Å². The Morgan fingerprint density at radius 3 is 2.45 bits per heavy atom. The average Bonchev–Trinajstić information content (AvgIpc) is 3.00. The molecular weight excluding hydrogens is 406 g/mol. The Labute approximate surface area is 173 Å². The van der Waals surface area contributed by atoms with E-state index in [0.717, 1.165) is 17.1 Å². The summed E-state index contributed by atoms with van der Waals surface area (Å²) in [5.74, 6) is 3.82. The third-order valence-corrected chi connectivity index (χ3v) is 3.78. The minimum atomic E-state index is -0.841. The Morgan fingerprint density at radius 2 is 1.93 bits per heavy atom. The molecule has 1 saturated heterocycles. The highest BCUT2D eigenvalue weighted by Crippen LogP contribution is 2.30. The van der Waals surface area contributed by atoms with E-state index in [2.05, 4.69) is 22.3 Å². The van der Waals surface area contributed by atoms with E-state index in [1.54, 1.807) is 14.2 Å². The van der Waals surface area contributed by atoms with E-state index in [0.29, 0.717) is 5.70 Å². The maximum absolute atomic E-state index is 14.5. The number of nitrogens with two attached hydrogens (primary N) is 2. The highest BCUT2D eigenvalue weighted by Gasteiger charge is 2.31. The van der Waals surface area contributed by atoms with Gasteiger partial charge in [0.05, 0.1) is 30.9 Å². The van der Waals surface area contributed by atoms with Crippen LogP contribution in [0.5, 0.6) is 0 Å². The van der Waals surface area contributed by atoms with Gasteiger partial charge in [-0.15, -0.1) is 0 Å². The Kier molecular flexibility index (Phi) is 10.2. The molecule has 1 aliphatic heterocycles. The number of benzene rings is 1. The van der Waals surface area contributed by atoms with Gasteiger partial charge < -0.3 is 30.3 Å². The first-order valence-corrected chi connectivity index (χ1v) is 8.84. The zero-order valence-corrected chi connectivity index (χ0v) is 17.3. The number of halogens is 2. The number of hydrazine groups is 1.